The van der Waals surface area contributed by atoms with Gasteiger partial charge in [0.2, 0.25) is 0 Å². The molecule has 0 aliphatic rings. The van der Waals surface area contributed by atoms with Crippen molar-refractivity contribution < 1.29 is 23.7 Å². The van der Waals surface area contributed by atoms with Crippen LogP contribution in [0.2, 0.25) is 5.02 Å². The molecular weight excluding hydrogens is 320 g/mol. The topological polar surface area (TPSA) is 54.0 Å². The molecule has 0 heterocycles. The SMILES string of the molecule is COC(=O)c1ccc(OC)cc1OCCOc1ccc(Cl)cc1. The summed E-state index contributed by atoms with van der Waals surface area (Å²) >= 11 is 5.81. The first-order chi connectivity index (χ1) is 11.1. The smallest absolute Gasteiger partial charge is 0.341 e. The number of hydrogen-bond donors (Lipinski definition) is 0. The predicted molar refractivity (Wildman–Crippen MR) is 86.8 cm³/mol. The molecule has 0 bridgehead atoms. The van der Waals surface area contributed by atoms with Gasteiger partial charge in [0, 0.05) is 11.1 Å². The van der Waals surface area contributed by atoms with E-state index in [1.54, 1.807) is 49.6 Å². The fourth-order valence-electron chi connectivity index (χ4n) is 1.87. The van der Waals surface area contributed by atoms with Crippen molar-refractivity contribution in [2.75, 3.05) is 27.4 Å². The minimum atomic E-state index is -0.471. The van der Waals surface area contributed by atoms with Gasteiger partial charge in [-0.1, -0.05) is 11.6 Å². The van der Waals surface area contributed by atoms with Gasteiger partial charge in [-0.3, -0.25) is 0 Å². The van der Waals surface area contributed by atoms with Crippen LogP contribution in [0.25, 0.3) is 0 Å². The first kappa shape index (κ1) is 17.0. The summed E-state index contributed by atoms with van der Waals surface area (Å²) in [5.74, 6) is 1.19. The number of methoxy groups -OCH3 is 2. The first-order valence-electron chi connectivity index (χ1n) is 6.91. The van der Waals surface area contributed by atoms with E-state index in [4.69, 9.17) is 30.5 Å². The Bertz CT molecular complexity index is 655. The van der Waals surface area contributed by atoms with Crippen LogP contribution < -0.4 is 14.2 Å². The first-order valence-corrected chi connectivity index (χ1v) is 7.29. The molecule has 0 amide bonds. The van der Waals surface area contributed by atoms with Crippen LogP contribution in [0.1, 0.15) is 10.4 Å². The second-order valence-corrected chi connectivity index (χ2v) is 4.94. The van der Waals surface area contributed by atoms with Crippen molar-refractivity contribution in [2.24, 2.45) is 0 Å². The summed E-state index contributed by atoms with van der Waals surface area (Å²) in [6.45, 7) is 0.583. The van der Waals surface area contributed by atoms with Crippen LogP contribution in [-0.2, 0) is 4.74 Å². The van der Waals surface area contributed by atoms with E-state index in [2.05, 4.69) is 0 Å². The van der Waals surface area contributed by atoms with Gasteiger partial charge in [0.15, 0.2) is 0 Å². The molecule has 0 radical (unpaired) electrons. The van der Waals surface area contributed by atoms with Crippen molar-refractivity contribution in [1.29, 1.82) is 0 Å². The van der Waals surface area contributed by atoms with Crippen LogP contribution in [0.15, 0.2) is 42.5 Å². The van der Waals surface area contributed by atoms with Gasteiger partial charge in [0.25, 0.3) is 0 Å². The highest BCUT2D eigenvalue weighted by Crippen LogP contribution is 2.25. The Labute approximate surface area is 139 Å². The third kappa shape index (κ3) is 4.79. The van der Waals surface area contributed by atoms with Gasteiger partial charge in [0.1, 0.15) is 36.0 Å². The van der Waals surface area contributed by atoms with Crippen LogP contribution in [0.5, 0.6) is 17.2 Å². The molecular formula is C17H17ClO5. The van der Waals surface area contributed by atoms with Gasteiger partial charge in [-0.2, -0.15) is 0 Å². The van der Waals surface area contributed by atoms with Gasteiger partial charge in [-0.05, 0) is 36.4 Å². The maximum atomic E-state index is 11.7. The molecule has 5 nitrogen and oxygen atoms in total. The van der Waals surface area contributed by atoms with Gasteiger partial charge in [0.05, 0.1) is 14.2 Å². The van der Waals surface area contributed by atoms with E-state index >= 15 is 0 Å². The lowest BCUT2D eigenvalue weighted by Crippen LogP contribution is -2.12. The summed E-state index contributed by atoms with van der Waals surface area (Å²) in [4.78, 5) is 11.7. The van der Waals surface area contributed by atoms with E-state index in [9.17, 15) is 4.79 Å². The van der Waals surface area contributed by atoms with Gasteiger partial charge in [-0.15, -0.1) is 0 Å². The highest BCUT2D eigenvalue weighted by Gasteiger charge is 2.14. The normalized spacial score (nSPS) is 10.0. The number of ether oxygens (including phenoxy) is 4. The zero-order chi connectivity index (χ0) is 16.7. The molecule has 6 heteroatoms. The Balaban J connectivity index is 1.95. The van der Waals surface area contributed by atoms with Crippen LogP contribution in [0.4, 0.5) is 0 Å². The van der Waals surface area contributed by atoms with Gasteiger partial charge in [-0.25, -0.2) is 4.79 Å². The number of halogens is 1. The number of rotatable bonds is 7. The third-order valence-electron chi connectivity index (χ3n) is 3.02. The number of esters is 1. The maximum Gasteiger partial charge on any atom is 0.341 e. The van der Waals surface area contributed by atoms with Crippen molar-refractivity contribution in [1.82, 2.24) is 0 Å². The maximum absolute atomic E-state index is 11.7. The molecule has 2 aromatic carbocycles. The Morgan fingerprint density at radius 1 is 0.957 bits per heavy atom. The summed E-state index contributed by atoms with van der Waals surface area (Å²) in [7, 11) is 2.86. The zero-order valence-electron chi connectivity index (χ0n) is 12.9. The highest BCUT2D eigenvalue weighted by atomic mass is 35.5. The van der Waals surface area contributed by atoms with Crippen LogP contribution in [0, 0.1) is 0 Å². The molecule has 23 heavy (non-hydrogen) atoms. The summed E-state index contributed by atoms with van der Waals surface area (Å²) in [5, 5.41) is 0.646. The van der Waals surface area contributed by atoms with Crippen LogP contribution >= 0.6 is 11.6 Å². The van der Waals surface area contributed by atoms with E-state index in [1.807, 2.05) is 0 Å². The van der Waals surface area contributed by atoms with Crippen LogP contribution in [0.3, 0.4) is 0 Å². The molecule has 122 valence electrons. The van der Waals surface area contributed by atoms with Crippen molar-refractivity contribution in [3.8, 4) is 17.2 Å². The van der Waals surface area contributed by atoms with Crippen LogP contribution in [-0.4, -0.2) is 33.4 Å². The van der Waals surface area contributed by atoms with E-state index in [0.717, 1.165) is 0 Å². The Hall–Kier alpha value is -2.40. The molecule has 0 aromatic heterocycles. The summed E-state index contributed by atoms with van der Waals surface area (Å²) in [6.07, 6.45) is 0. The molecule has 0 spiro atoms. The minimum absolute atomic E-state index is 0.264. The van der Waals surface area contributed by atoms with E-state index in [0.29, 0.717) is 34.4 Å². The Morgan fingerprint density at radius 3 is 2.26 bits per heavy atom. The highest BCUT2D eigenvalue weighted by molar-refractivity contribution is 6.30. The zero-order valence-corrected chi connectivity index (χ0v) is 13.6. The molecule has 0 unspecified atom stereocenters. The molecule has 2 aromatic rings. The molecule has 0 aliphatic heterocycles. The fraction of sp³-hybridized carbons (Fsp3) is 0.235. The van der Waals surface area contributed by atoms with Gasteiger partial charge >= 0.3 is 5.97 Å². The van der Waals surface area contributed by atoms with E-state index in [1.165, 1.54) is 7.11 Å². The Kier molecular flexibility index (Phi) is 6.11. The number of carbonyl (C=O) groups excluding carboxylic acids is 1. The lowest BCUT2D eigenvalue weighted by molar-refractivity contribution is 0.0595. The van der Waals surface area contributed by atoms with Crippen molar-refractivity contribution in [3.63, 3.8) is 0 Å². The van der Waals surface area contributed by atoms with E-state index in [-0.39, 0.29) is 6.61 Å². The Morgan fingerprint density at radius 2 is 1.61 bits per heavy atom. The monoisotopic (exact) mass is 336 g/mol. The second-order valence-electron chi connectivity index (χ2n) is 4.50. The number of benzene rings is 2. The van der Waals surface area contributed by atoms with Crippen molar-refractivity contribution >= 4 is 17.6 Å². The number of carbonyl (C=O) groups is 1. The molecule has 0 saturated carbocycles. The largest absolute Gasteiger partial charge is 0.497 e. The molecule has 0 saturated heterocycles. The molecule has 0 atom stereocenters. The van der Waals surface area contributed by atoms with Crippen molar-refractivity contribution in [2.45, 2.75) is 0 Å². The quantitative estimate of drug-likeness (QED) is 0.571. The summed E-state index contributed by atoms with van der Waals surface area (Å²) < 4.78 is 21.0. The molecule has 0 fully saturated rings. The summed E-state index contributed by atoms with van der Waals surface area (Å²) in [5.41, 5.74) is 0.333. The molecule has 0 aliphatic carbocycles. The third-order valence-corrected chi connectivity index (χ3v) is 3.27. The lowest BCUT2D eigenvalue weighted by Gasteiger charge is -2.12. The average Bonchev–Trinajstić information content (AvgIpc) is 2.59. The average molecular weight is 337 g/mol. The number of hydrogen-bond acceptors (Lipinski definition) is 5. The van der Waals surface area contributed by atoms with E-state index < -0.39 is 5.97 Å². The second kappa shape index (κ2) is 8.29. The molecule has 0 N–H and O–H groups in total. The van der Waals surface area contributed by atoms with Crippen molar-refractivity contribution in [3.05, 3.63) is 53.1 Å². The minimum Gasteiger partial charge on any atom is -0.497 e. The standard InChI is InChI=1S/C17H17ClO5/c1-20-14-7-8-15(17(19)21-2)16(11-14)23-10-9-22-13-5-3-12(18)4-6-13/h3-8,11H,9-10H2,1-2H3. The lowest BCUT2D eigenvalue weighted by atomic mass is 10.2. The molecule has 2 rings (SSSR count). The predicted octanol–water partition coefficient (Wildman–Crippen LogP) is 3.59. The van der Waals surface area contributed by atoms with Gasteiger partial charge < -0.3 is 18.9 Å². The summed E-state index contributed by atoms with van der Waals surface area (Å²) in [6, 6.07) is 11.9. The fourth-order valence-corrected chi connectivity index (χ4v) is 2.00.